The molecule has 1 N–H and O–H groups in total. The number of aromatic nitrogens is 4. The fourth-order valence-corrected chi connectivity index (χ4v) is 4.03. The molecule has 0 saturated carbocycles. The zero-order valence-corrected chi connectivity index (χ0v) is 19.8. The molecule has 1 amide bonds. The van der Waals surface area contributed by atoms with Gasteiger partial charge in [-0.25, -0.2) is 9.67 Å². The summed E-state index contributed by atoms with van der Waals surface area (Å²) in [6.07, 6.45) is 3.29. The van der Waals surface area contributed by atoms with E-state index >= 15 is 0 Å². The minimum atomic E-state index is -0.309. The van der Waals surface area contributed by atoms with Crippen LogP contribution in [0.3, 0.4) is 0 Å². The first-order chi connectivity index (χ1) is 17.6. The van der Waals surface area contributed by atoms with E-state index in [0.717, 1.165) is 11.1 Å². The molecule has 8 nitrogen and oxygen atoms in total. The summed E-state index contributed by atoms with van der Waals surface area (Å²) in [5.74, 6) is -0.309. The zero-order valence-electron chi connectivity index (χ0n) is 19.8. The van der Waals surface area contributed by atoms with Crippen LogP contribution in [0.5, 0.6) is 0 Å². The van der Waals surface area contributed by atoms with E-state index in [2.05, 4.69) is 10.4 Å². The Bertz CT molecular complexity index is 1560. The molecule has 0 spiro atoms. The van der Waals surface area contributed by atoms with Gasteiger partial charge in [-0.2, -0.15) is 5.10 Å². The second-order valence-electron chi connectivity index (χ2n) is 8.34. The minimum absolute atomic E-state index is 0.162. The van der Waals surface area contributed by atoms with Crippen LogP contribution in [0.1, 0.15) is 15.9 Å². The molecular weight excluding hydrogens is 454 g/mol. The predicted octanol–water partition coefficient (Wildman–Crippen LogP) is 4.21. The normalized spacial score (nSPS) is 11.0. The summed E-state index contributed by atoms with van der Waals surface area (Å²) in [7, 11) is 1.58. The number of hydrogen-bond donors (Lipinski definition) is 1. The van der Waals surface area contributed by atoms with Crippen LogP contribution in [0, 0.1) is 0 Å². The highest BCUT2D eigenvalue weighted by Gasteiger charge is 2.18. The average molecular weight is 480 g/mol. The highest BCUT2D eigenvalue weighted by Crippen LogP contribution is 2.26. The van der Waals surface area contributed by atoms with Gasteiger partial charge in [0.15, 0.2) is 5.65 Å². The van der Waals surface area contributed by atoms with Crippen LogP contribution in [0.15, 0.2) is 96.1 Å². The van der Waals surface area contributed by atoms with Gasteiger partial charge in [0.2, 0.25) is 0 Å². The fourth-order valence-electron chi connectivity index (χ4n) is 4.03. The third kappa shape index (κ3) is 4.94. The van der Waals surface area contributed by atoms with Crippen molar-refractivity contribution in [2.24, 2.45) is 0 Å². The number of carbonyl (C=O) groups is 1. The molecule has 180 valence electrons. The summed E-state index contributed by atoms with van der Waals surface area (Å²) < 4.78 is 8.39. The maximum absolute atomic E-state index is 13.5. The molecule has 0 radical (unpaired) electrons. The monoisotopic (exact) mass is 479 g/mol. The quantitative estimate of drug-likeness (QED) is 0.360. The maximum atomic E-state index is 13.5. The lowest BCUT2D eigenvalue weighted by atomic mass is 10.1. The van der Waals surface area contributed by atoms with E-state index in [4.69, 9.17) is 9.72 Å². The highest BCUT2D eigenvalue weighted by atomic mass is 16.5. The zero-order chi connectivity index (χ0) is 24.9. The number of fused-ring (bicyclic) bond motifs is 1. The average Bonchev–Trinajstić information content (AvgIpc) is 3.32. The Kier molecular flexibility index (Phi) is 6.68. The molecule has 0 atom stereocenters. The third-order valence-corrected chi connectivity index (χ3v) is 5.88. The lowest BCUT2D eigenvalue weighted by Gasteiger charge is -2.11. The molecule has 2 aromatic carbocycles. The van der Waals surface area contributed by atoms with E-state index in [1.807, 2.05) is 60.7 Å². The van der Waals surface area contributed by atoms with E-state index in [1.165, 1.54) is 10.6 Å². The van der Waals surface area contributed by atoms with Crippen LogP contribution >= 0.6 is 0 Å². The second-order valence-corrected chi connectivity index (χ2v) is 8.34. The molecule has 36 heavy (non-hydrogen) atoms. The maximum Gasteiger partial charge on any atom is 0.256 e. The van der Waals surface area contributed by atoms with Crippen LogP contribution < -0.4 is 10.9 Å². The summed E-state index contributed by atoms with van der Waals surface area (Å²) in [5.41, 5.74) is 4.08. The molecule has 5 rings (SSSR count). The SMILES string of the molecule is COCCn1cc(NC(=O)c2cc(-c3ccccc3)nc3c2cnn3Cc2ccccc2)ccc1=O. The van der Waals surface area contributed by atoms with Gasteiger partial charge < -0.3 is 14.6 Å². The number of pyridine rings is 2. The van der Waals surface area contributed by atoms with Crippen LogP contribution in [-0.2, 0) is 17.8 Å². The number of nitrogens with zero attached hydrogens (tertiary/aromatic N) is 4. The third-order valence-electron chi connectivity index (χ3n) is 5.88. The van der Waals surface area contributed by atoms with E-state index < -0.39 is 0 Å². The lowest BCUT2D eigenvalue weighted by Crippen LogP contribution is -2.22. The molecule has 0 fully saturated rings. The summed E-state index contributed by atoms with van der Waals surface area (Å²) >= 11 is 0. The molecule has 0 aliphatic heterocycles. The topological polar surface area (TPSA) is 91.0 Å². The number of rotatable bonds is 8. The first kappa shape index (κ1) is 23.2. The van der Waals surface area contributed by atoms with Crippen molar-refractivity contribution < 1.29 is 9.53 Å². The van der Waals surface area contributed by atoms with Crippen LogP contribution in [-0.4, -0.2) is 39.0 Å². The molecule has 0 aliphatic rings. The van der Waals surface area contributed by atoms with Gasteiger partial charge >= 0.3 is 0 Å². The van der Waals surface area contributed by atoms with Gasteiger partial charge in [0.25, 0.3) is 11.5 Å². The summed E-state index contributed by atoms with van der Waals surface area (Å²) in [6.45, 7) is 1.31. The standard InChI is InChI=1S/C28H25N5O3/c1-36-15-14-32-19-22(12-13-26(32)34)30-28(35)23-16-25(21-10-6-3-7-11-21)31-27-24(23)17-29-33(27)18-20-8-4-2-5-9-20/h2-13,16-17,19H,14-15,18H2,1H3,(H,30,35). The van der Waals surface area contributed by atoms with Gasteiger partial charge in [-0.3, -0.25) is 9.59 Å². The minimum Gasteiger partial charge on any atom is -0.383 e. The molecular formula is C28H25N5O3. The van der Waals surface area contributed by atoms with Crippen molar-refractivity contribution in [3.63, 3.8) is 0 Å². The van der Waals surface area contributed by atoms with E-state index in [0.29, 0.717) is 47.7 Å². The Balaban J connectivity index is 1.55. The van der Waals surface area contributed by atoms with Crippen molar-refractivity contribution in [1.29, 1.82) is 0 Å². The molecule has 3 aromatic heterocycles. The van der Waals surface area contributed by atoms with Crippen LogP contribution in [0.4, 0.5) is 5.69 Å². The van der Waals surface area contributed by atoms with Crippen LogP contribution in [0.2, 0.25) is 0 Å². The highest BCUT2D eigenvalue weighted by molar-refractivity contribution is 6.12. The van der Waals surface area contributed by atoms with E-state index in [-0.39, 0.29) is 11.5 Å². The number of carbonyl (C=O) groups excluding carboxylic acids is 1. The summed E-state index contributed by atoms with van der Waals surface area (Å²) in [4.78, 5) is 30.5. The number of amides is 1. The molecule has 0 unspecified atom stereocenters. The molecule has 0 bridgehead atoms. The summed E-state index contributed by atoms with van der Waals surface area (Å²) in [6, 6.07) is 24.5. The largest absolute Gasteiger partial charge is 0.383 e. The lowest BCUT2D eigenvalue weighted by molar-refractivity contribution is 0.102. The number of nitrogens with one attached hydrogen (secondary N) is 1. The van der Waals surface area contributed by atoms with Crippen LogP contribution in [0.25, 0.3) is 22.3 Å². The van der Waals surface area contributed by atoms with E-state index in [1.54, 1.807) is 36.3 Å². The van der Waals surface area contributed by atoms with Crippen molar-refractivity contribution in [2.75, 3.05) is 19.0 Å². The molecule has 8 heteroatoms. The van der Waals surface area contributed by atoms with Crippen molar-refractivity contribution in [3.05, 3.63) is 113 Å². The first-order valence-corrected chi connectivity index (χ1v) is 11.6. The Morgan fingerprint density at radius 3 is 2.50 bits per heavy atom. The Hall–Kier alpha value is -4.56. The smallest absolute Gasteiger partial charge is 0.256 e. The number of ether oxygens (including phenoxy) is 1. The number of methoxy groups -OCH3 is 1. The van der Waals surface area contributed by atoms with Gasteiger partial charge in [0, 0.05) is 31.5 Å². The fraction of sp³-hybridized carbons (Fsp3) is 0.143. The van der Waals surface area contributed by atoms with Gasteiger partial charge in [0.1, 0.15) is 0 Å². The van der Waals surface area contributed by atoms with Gasteiger partial charge in [0.05, 0.1) is 41.7 Å². The van der Waals surface area contributed by atoms with Gasteiger partial charge in [-0.05, 0) is 17.7 Å². The Labute approximate surface area is 207 Å². The molecule has 0 saturated heterocycles. The van der Waals surface area contributed by atoms with E-state index in [9.17, 15) is 9.59 Å². The number of benzene rings is 2. The van der Waals surface area contributed by atoms with Crippen molar-refractivity contribution in [2.45, 2.75) is 13.1 Å². The molecule has 0 aliphatic carbocycles. The van der Waals surface area contributed by atoms with Gasteiger partial charge in [-0.1, -0.05) is 60.7 Å². The first-order valence-electron chi connectivity index (χ1n) is 11.6. The predicted molar refractivity (Wildman–Crippen MR) is 139 cm³/mol. The van der Waals surface area contributed by atoms with Crippen molar-refractivity contribution >= 4 is 22.6 Å². The molecule has 5 aromatic rings. The van der Waals surface area contributed by atoms with Gasteiger partial charge in [-0.15, -0.1) is 0 Å². The number of hydrogen-bond acceptors (Lipinski definition) is 5. The van der Waals surface area contributed by atoms with Crippen molar-refractivity contribution in [3.8, 4) is 11.3 Å². The molecule has 3 heterocycles. The second kappa shape index (κ2) is 10.4. The number of anilines is 1. The summed E-state index contributed by atoms with van der Waals surface area (Å²) in [5, 5.41) is 8.13. The van der Waals surface area contributed by atoms with Crippen molar-refractivity contribution in [1.82, 2.24) is 19.3 Å². The Morgan fingerprint density at radius 1 is 1.00 bits per heavy atom. The Morgan fingerprint density at radius 2 is 1.75 bits per heavy atom.